The van der Waals surface area contributed by atoms with E-state index in [1.807, 2.05) is 0 Å². The molecule has 1 rings (SSSR count). The summed E-state index contributed by atoms with van der Waals surface area (Å²) in [7, 11) is 0. The van der Waals surface area contributed by atoms with Crippen LogP contribution in [0.25, 0.3) is 6.08 Å². The SMILES string of the molecule is CCOC(=O)CCNC(=O)/C=C/c1ccc([N+](=O)[O-])s1. The van der Waals surface area contributed by atoms with Gasteiger partial charge >= 0.3 is 11.0 Å². The molecule has 108 valence electrons. The molecule has 0 fully saturated rings. The van der Waals surface area contributed by atoms with Crippen LogP contribution in [0.3, 0.4) is 0 Å². The van der Waals surface area contributed by atoms with Gasteiger partial charge in [-0.15, -0.1) is 0 Å². The molecule has 1 aromatic heterocycles. The molecule has 0 aromatic carbocycles. The predicted octanol–water partition coefficient (Wildman–Crippen LogP) is 1.74. The van der Waals surface area contributed by atoms with Crippen molar-refractivity contribution in [2.45, 2.75) is 13.3 Å². The number of hydrogen-bond acceptors (Lipinski definition) is 6. The van der Waals surface area contributed by atoms with E-state index in [-0.39, 0.29) is 29.8 Å². The van der Waals surface area contributed by atoms with E-state index in [4.69, 9.17) is 4.74 Å². The molecule has 0 aliphatic carbocycles. The fourth-order valence-corrected chi connectivity index (χ4v) is 1.99. The highest BCUT2D eigenvalue weighted by atomic mass is 32.1. The second-order valence-corrected chi connectivity index (χ2v) is 4.71. The van der Waals surface area contributed by atoms with Gasteiger partial charge in [-0.1, -0.05) is 11.3 Å². The van der Waals surface area contributed by atoms with Crippen molar-refractivity contribution in [1.29, 1.82) is 0 Å². The van der Waals surface area contributed by atoms with Crippen LogP contribution < -0.4 is 5.32 Å². The van der Waals surface area contributed by atoms with Gasteiger partial charge in [0, 0.05) is 23.6 Å². The third-order valence-corrected chi connectivity index (χ3v) is 3.13. The van der Waals surface area contributed by atoms with Gasteiger partial charge in [-0.3, -0.25) is 19.7 Å². The Hall–Kier alpha value is -2.22. The van der Waals surface area contributed by atoms with Crippen LogP contribution >= 0.6 is 11.3 Å². The largest absolute Gasteiger partial charge is 0.466 e. The van der Waals surface area contributed by atoms with Crippen molar-refractivity contribution in [3.8, 4) is 0 Å². The standard InChI is InChI=1S/C12H14N2O5S/c1-2-19-12(16)7-8-13-10(15)5-3-9-4-6-11(20-9)14(17)18/h3-6H,2,7-8H2,1H3,(H,13,15)/b5-3+. The van der Waals surface area contributed by atoms with Gasteiger partial charge < -0.3 is 10.1 Å². The van der Waals surface area contributed by atoms with E-state index in [1.54, 1.807) is 13.0 Å². The monoisotopic (exact) mass is 298 g/mol. The molecule has 7 nitrogen and oxygen atoms in total. The molecule has 1 N–H and O–H groups in total. The Morgan fingerprint density at radius 1 is 1.50 bits per heavy atom. The van der Waals surface area contributed by atoms with Crippen molar-refractivity contribution in [2.24, 2.45) is 0 Å². The molecule has 0 aliphatic rings. The number of nitro groups is 1. The van der Waals surface area contributed by atoms with Crippen LogP contribution in [0, 0.1) is 10.1 Å². The third-order valence-electron chi connectivity index (χ3n) is 2.13. The Bertz CT molecular complexity index is 524. The normalized spacial score (nSPS) is 10.4. The molecule has 8 heteroatoms. The van der Waals surface area contributed by atoms with Crippen molar-refractivity contribution >= 4 is 34.3 Å². The molecule has 0 saturated carbocycles. The van der Waals surface area contributed by atoms with Gasteiger partial charge in [-0.2, -0.15) is 0 Å². The summed E-state index contributed by atoms with van der Waals surface area (Å²) in [5.74, 6) is -0.740. The van der Waals surface area contributed by atoms with Gasteiger partial charge in [0.05, 0.1) is 18.0 Å². The Kier molecular flexibility index (Phi) is 6.38. The summed E-state index contributed by atoms with van der Waals surface area (Å²) >= 11 is 0.978. The molecular weight excluding hydrogens is 284 g/mol. The molecule has 1 heterocycles. The van der Waals surface area contributed by atoms with Crippen molar-refractivity contribution < 1.29 is 19.2 Å². The first kappa shape index (κ1) is 15.8. The van der Waals surface area contributed by atoms with Gasteiger partial charge in [0.15, 0.2) is 0 Å². The lowest BCUT2D eigenvalue weighted by Crippen LogP contribution is -2.24. The van der Waals surface area contributed by atoms with Gasteiger partial charge in [-0.05, 0) is 19.1 Å². The lowest BCUT2D eigenvalue weighted by Gasteiger charge is -2.02. The second kappa shape index (κ2) is 8.05. The molecule has 0 radical (unpaired) electrons. The summed E-state index contributed by atoms with van der Waals surface area (Å²) in [4.78, 5) is 33.0. The lowest BCUT2D eigenvalue weighted by molar-refractivity contribution is -0.380. The highest BCUT2D eigenvalue weighted by molar-refractivity contribution is 7.16. The molecule has 1 amide bonds. The number of amides is 1. The summed E-state index contributed by atoms with van der Waals surface area (Å²) < 4.78 is 4.71. The van der Waals surface area contributed by atoms with E-state index in [0.717, 1.165) is 11.3 Å². The fraction of sp³-hybridized carbons (Fsp3) is 0.333. The van der Waals surface area contributed by atoms with Crippen LogP contribution in [0.2, 0.25) is 0 Å². The first-order valence-electron chi connectivity index (χ1n) is 5.88. The zero-order valence-electron chi connectivity index (χ0n) is 10.8. The maximum atomic E-state index is 11.4. The molecular formula is C12H14N2O5S. The number of nitrogens with zero attached hydrogens (tertiary/aromatic N) is 1. The Morgan fingerprint density at radius 2 is 2.25 bits per heavy atom. The Labute approximate surface area is 119 Å². The highest BCUT2D eigenvalue weighted by Crippen LogP contribution is 2.24. The number of hydrogen-bond donors (Lipinski definition) is 1. The molecule has 0 bridgehead atoms. The molecule has 20 heavy (non-hydrogen) atoms. The predicted molar refractivity (Wildman–Crippen MR) is 74.3 cm³/mol. The van der Waals surface area contributed by atoms with Gasteiger partial charge in [0.25, 0.3) is 0 Å². The second-order valence-electron chi connectivity index (χ2n) is 3.61. The number of ether oxygens (including phenoxy) is 1. The number of carbonyl (C=O) groups excluding carboxylic acids is 2. The quantitative estimate of drug-likeness (QED) is 0.358. The fourth-order valence-electron chi connectivity index (χ4n) is 1.27. The number of esters is 1. The molecule has 0 spiro atoms. The van der Waals surface area contributed by atoms with E-state index in [2.05, 4.69) is 5.32 Å². The third kappa shape index (κ3) is 5.61. The van der Waals surface area contributed by atoms with Crippen LogP contribution in [0.5, 0.6) is 0 Å². The van der Waals surface area contributed by atoms with Crippen LogP contribution in [0.15, 0.2) is 18.2 Å². The first-order valence-corrected chi connectivity index (χ1v) is 6.70. The van der Waals surface area contributed by atoms with E-state index in [0.29, 0.717) is 11.5 Å². The van der Waals surface area contributed by atoms with Crippen LogP contribution in [-0.4, -0.2) is 30.0 Å². The van der Waals surface area contributed by atoms with Crippen molar-refractivity contribution in [3.63, 3.8) is 0 Å². The summed E-state index contributed by atoms with van der Waals surface area (Å²) in [6.45, 7) is 2.20. The van der Waals surface area contributed by atoms with Crippen LogP contribution in [0.4, 0.5) is 5.00 Å². The Balaban J connectivity index is 2.35. The van der Waals surface area contributed by atoms with Gasteiger partial charge in [0.2, 0.25) is 5.91 Å². The summed E-state index contributed by atoms with van der Waals surface area (Å²) in [6.07, 6.45) is 2.86. The zero-order chi connectivity index (χ0) is 15.0. The number of thiophene rings is 1. The van der Waals surface area contributed by atoms with E-state index >= 15 is 0 Å². The average molecular weight is 298 g/mol. The molecule has 0 atom stereocenters. The van der Waals surface area contributed by atoms with Crippen molar-refractivity contribution in [3.05, 3.63) is 33.2 Å². The van der Waals surface area contributed by atoms with Crippen molar-refractivity contribution in [1.82, 2.24) is 5.32 Å². The number of rotatable bonds is 7. The van der Waals surface area contributed by atoms with Gasteiger partial charge in [0.1, 0.15) is 0 Å². The summed E-state index contributed by atoms with van der Waals surface area (Å²) in [5.41, 5.74) is 0. The maximum absolute atomic E-state index is 11.4. The minimum atomic E-state index is -0.485. The number of carbonyl (C=O) groups is 2. The minimum absolute atomic E-state index is 0.0207. The van der Waals surface area contributed by atoms with Crippen LogP contribution in [0.1, 0.15) is 18.2 Å². The smallest absolute Gasteiger partial charge is 0.324 e. The van der Waals surface area contributed by atoms with E-state index in [9.17, 15) is 19.7 Å². The summed E-state index contributed by atoms with van der Waals surface area (Å²) in [6, 6.07) is 2.94. The average Bonchev–Trinajstić information content (AvgIpc) is 2.85. The maximum Gasteiger partial charge on any atom is 0.324 e. The molecule has 0 aliphatic heterocycles. The minimum Gasteiger partial charge on any atom is -0.466 e. The van der Waals surface area contributed by atoms with Crippen molar-refractivity contribution in [2.75, 3.05) is 13.2 Å². The zero-order valence-corrected chi connectivity index (χ0v) is 11.6. The lowest BCUT2D eigenvalue weighted by atomic mass is 10.4. The van der Waals surface area contributed by atoms with E-state index in [1.165, 1.54) is 18.2 Å². The van der Waals surface area contributed by atoms with Crippen LogP contribution in [-0.2, 0) is 14.3 Å². The first-order chi connectivity index (χ1) is 9.52. The molecule has 1 aromatic rings. The van der Waals surface area contributed by atoms with Gasteiger partial charge in [-0.25, -0.2) is 0 Å². The topological polar surface area (TPSA) is 98.5 Å². The molecule has 0 unspecified atom stereocenters. The van der Waals surface area contributed by atoms with E-state index < -0.39 is 4.92 Å². The molecule has 0 saturated heterocycles. The Morgan fingerprint density at radius 3 is 2.85 bits per heavy atom. The summed E-state index contributed by atoms with van der Waals surface area (Å²) in [5, 5.41) is 13.0. The number of nitrogens with one attached hydrogen (secondary N) is 1. The highest BCUT2D eigenvalue weighted by Gasteiger charge is 2.08.